The van der Waals surface area contributed by atoms with E-state index in [-0.39, 0.29) is 33.4 Å². The third-order valence-corrected chi connectivity index (χ3v) is 5.69. The molecule has 0 aliphatic carbocycles. The van der Waals surface area contributed by atoms with Crippen molar-refractivity contribution in [2.24, 2.45) is 0 Å². The maximum atomic E-state index is 14.9. The summed E-state index contributed by atoms with van der Waals surface area (Å²) in [5, 5.41) is -1.11. The smallest absolute Gasteiger partial charge is 0.169 e. The Kier molecular flexibility index (Phi) is 5.23. The Bertz CT molecular complexity index is 1660. The molecular weight excluding hydrogens is 483 g/mol. The molecule has 0 amide bonds. The van der Waals surface area contributed by atoms with Crippen molar-refractivity contribution in [3.05, 3.63) is 107 Å². The molecule has 0 saturated carbocycles. The first-order valence-electron chi connectivity index (χ1n) is 9.91. The Morgan fingerprint density at radius 3 is 1.49 bits per heavy atom. The Morgan fingerprint density at radius 2 is 0.886 bits per heavy atom. The third kappa shape index (κ3) is 3.50. The normalized spacial score (nSPS) is 11.6. The topological polar surface area (TPSA) is 0 Å². The standard InChI is InChI=1S/C26H9F9/c27-11-2-3-12-13(6-11)23(24-25(34)20(32)9-21(33)26(24)35)15-8-19(31)18(30)7-14(15)22(12)10-1-4-16(28)17(29)5-10/h1-9H. The second-order valence-electron chi connectivity index (χ2n) is 7.72. The van der Waals surface area contributed by atoms with Gasteiger partial charge in [-0.2, -0.15) is 0 Å². The maximum Gasteiger partial charge on any atom is 0.169 e. The van der Waals surface area contributed by atoms with E-state index >= 15 is 0 Å². The van der Waals surface area contributed by atoms with E-state index in [1.807, 2.05) is 0 Å². The van der Waals surface area contributed by atoms with E-state index in [9.17, 15) is 39.5 Å². The fraction of sp³-hybridized carbons (Fsp3) is 0. The second-order valence-corrected chi connectivity index (χ2v) is 7.72. The molecule has 5 aromatic rings. The molecular formula is C26H9F9. The fourth-order valence-electron chi connectivity index (χ4n) is 4.22. The second kappa shape index (κ2) is 8.04. The fourth-order valence-corrected chi connectivity index (χ4v) is 4.22. The van der Waals surface area contributed by atoms with Crippen LogP contribution >= 0.6 is 0 Å². The largest absolute Gasteiger partial charge is 0.207 e. The van der Waals surface area contributed by atoms with Crippen molar-refractivity contribution in [3.8, 4) is 22.3 Å². The van der Waals surface area contributed by atoms with Crippen LogP contribution in [0.15, 0.2) is 54.6 Å². The zero-order chi connectivity index (χ0) is 25.2. The first-order valence-corrected chi connectivity index (χ1v) is 9.91. The van der Waals surface area contributed by atoms with Crippen LogP contribution in [0.1, 0.15) is 0 Å². The van der Waals surface area contributed by atoms with Crippen LogP contribution in [0.2, 0.25) is 0 Å². The van der Waals surface area contributed by atoms with Gasteiger partial charge >= 0.3 is 0 Å². The molecule has 0 unspecified atom stereocenters. The Balaban J connectivity index is 2.10. The molecule has 0 aliphatic rings. The molecule has 0 saturated heterocycles. The first kappa shape index (κ1) is 22.8. The Morgan fingerprint density at radius 1 is 0.343 bits per heavy atom. The number of fused-ring (bicyclic) bond motifs is 2. The molecule has 0 atom stereocenters. The van der Waals surface area contributed by atoms with Crippen molar-refractivity contribution in [1.29, 1.82) is 0 Å². The number of halogens is 9. The van der Waals surface area contributed by atoms with E-state index in [1.165, 1.54) is 0 Å². The summed E-state index contributed by atoms with van der Waals surface area (Å²) in [6.07, 6.45) is 0. The predicted molar refractivity (Wildman–Crippen MR) is 112 cm³/mol. The van der Waals surface area contributed by atoms with Gasteiger partial charge in [-0.15, -0.1) is 0 Å². The van der Waals surface area contributed by atoms with Crippen LogP contribution in [-0.2, 0) is 0 Å². The van der Waals surface area contributed by atoms with Gasteiger partial charge < -0.3 is 0 Å². The van der Waals surface area contributed by atoms with Crippen LogP contribution in [-0.4, -0.2) is 0 Å². The maximum absolute atomic E-state index is 14.9. The molecule has 5 rings (SSSR count). The SMILES string of the molecule is Fc1ccc2c(-c3ccc(F)c(F)c3)c3cc(F)c(F)cc3c(-c3c(F)c(F)cc(F)c3F)c2c1. The van der Waals surface area contributed by atoms with Crippen LogP contribution in [0.3, 0.4) is 0 Å². The molecule has 0 spiro atoms. The lowest BCUT2D eigenvalue weighted by Crippen LogP contribution is -2.02. The monoisotopic (exact) mass is 492 g/mol. The van der Waals surface area contributed by atoms with Gasteiger partial charge in [0.1, 0.15) is 5.82 Å². The summed E-state index contributed by atoms with van der Waals surface area (Å²) in [4.78, 5) is 0. The minimum absolute atomic E-state index is 0.0327. The summed E-state index contributed by atoms with van der Waals surface area (Å²) >= 11 is 0. The van der Waals surface area contributed by atoms with Crippen LogP contribution in [0, 0.1) is 52.4 Å². The van der Waals surface area contributed by atoms with Gasteiger partial charge in [0.15, 0.2) is 46.5 Å². The van der Waals surface area contributed by atoms with E-state index in [0.29, 0.717) is 12.1 Å². The Labute approximate surface area is 190 Å². The van der Waals surface area contributed by atoms with Crippen molar-refractivity contribution in [1.82, 2.24) is 0 Å². The lowest BCUT2D eigenvalue weighted by Gasteiger charge is -2.19. The van der Waals surface area contributed by atoms with E-state index in [0.717, 1.165) is 36.4 Å². The zero-order valence-electron chi connectivity index (χ0n) is 17.1. The molecule has 0 fully saturated rings. The van der Waals surface area contributed by atoms with Crippen LogP contribution in [0.4, 0.5) is 39.5 Å². The summed E-state index contributed by atoms with van der Waals surface area (Å²) in [6.45, 7) is 0. The lowest BCUT2D eigenvalue weighted by molar-refractivity contribution is 0.458. The van der Waals surface area contributed by atoms with Gasteiger partial charge in [-0.05, 0) is 69.1 Å². The van der Waals surface area contributed by atoms with Crippen molar-refractivity contribution in [2.75, 3.05) is 0 Å². The van der Waals surface area contributed by atoms with Gasteiger partial charge in [-0.1, -0.05) is 12.1 Å². The number of hydrogen-bond donors (Lipinski definition) is 0. The highest BCUT2D eigenvalue weighted by Gasteiger charge is 2.27. The summed E-state index contributed by atoms with van der Waals surface area (Å²) in [7, 11) is 0. The predicted octanol–water partition coefficient (Wildman–Crippen LogP) is 8.58. The molecule has 0 heterocycles. The van der Waals surface area contributed by atoms with Crippen LogP contribution < -0.4 is 0 Å². The molecule has 0 radical (unpaired) electrons. The van der Waals surface area contributed by atoms with Crippen molar-refractivity contribution >= 4 is 21.5 Å². The molecule has 35 heavy (non-hydrogen) atoms. The van der Waals surface area contributed by atoms with Gasteiger partial charge in [-0.3, -0.25) is 0 Å². The highest BCUT2D eigenvalue weighted by atomic mass is 19.2. The molecule has 0 aliphatic heterocycles. The van der Waals surface area contributed by atoms with Gasteiger partial charge in [0.2, 0.25) is 0 Å². The minimum Gasteiger partial charge on any atom is -0.207 e. The number of benzene rings is 5. The molecule has 176 valence electrons. The van der Waals surface area contributed by atoms with Gasteiger partial charge in [0.05, 0.1) is 5.56 Å². The van der Waals surface area contributed by atoms with Crippen molar-refractivity contribution < 1.29 is 39.5 Å². The first-order chi connectivity index (χ1) is 16.6. The zero-order valence-corrected chi connectivity index (χ0v) is 17.1. The molecule has 0 aromatic heterocycles. The van der Waals surface area contributed by atoms with E-state index < -0.39 is 68.9 Å². The minimum atomic E-state index is -1.85. The molecule has 9 heteroatoms. The lowest BCUT2D eigenvalue weighted by atomic mass is 9.85. The van der Waals surface area contributed by atoms with Gasteiger partial charge in [-0.25, -0.2) is 39.5 Å². The molecule has 0 nitrogen and oxygen atoms in total. The summed E-state index contributed by atoms with van der Waals surface area (Å²) in [6, 6.07) is 6.56. The summed E-state index contributed by atoms with van der Waals surface area (Å²) < 4.78 is 128. The highest BCUT2D eigenvalue weighted by Crippen LogP contribution is 2.46. The van der Waals surface area contributed by atoms with Crippen LogP contribution in [0.5, 0.6) is 0 Å². The average Bonchev–Trinajstić information content (AvgIpc) is 2.81. The highest BCUT2D eigenvalue weighted by molar-refractivity contribution is 6.21. The molecule has 0 bridgehead atoms. The molecule has 0 N–H and O–H groups in total. The van der Waals surface area contributed by atoms with Crippen molar-refractivity contribution in [2.45, 2.75) is 0 Å². The van der Waals surface area contributed by atoms with Gasteiger partial charge in [0, 0.05) is 11.6 Å². The molecule has 5 aromatic carbocycles. The number of hydrogen-bond acceptors (Lipinski definition) is 0. The van der Waals surface area contributed by atoms with Crippen molar-refractivity contribution in [3.63, 3.8) is 0 Å². The quantitative estimate of drug-likeness (QED) is 0.132. The van der Waals surface area contributed by atoms with Gasteiger partial charge in [0.25, 0.3) is 0 Å². The van der Waals surface area contributed by atoms with E-state index in [2.05, 4.69) is 0 Å². The third-order valence-electron chi connectivity index (χ3n) is 5.69. The summed E-state index contributed by atoms with van der Waals surface area (Å²) in [5.41, 5.74) is -2.05. The van der Waals surface area contributed by atoms with E-state index in [1.54, 1.807) is 0 Å². The Hall–Kier alpha value is -4.01. The number of rotatable bonds is 2. The average molecular weight is 492 g/mol. The van der Waals surface area contributed by atoms with Crippen LogP contribution in [0.25, 0.3) is 43.8 Å². The summed E-state index contributed by atoms with van der Waals surface area (Å²) in [5.74, 6) is -13.6. The van der Waals surface area contributed by atoms with E-state index in [4.69, 9.17) is 0 Å².